The summed E-state index contributed by atoms with van der Waals surface area (Å²) < 4.78 is 28.9. The van der Waals surface area contributed by atoms with E-state index in [4.69, 9.17) is 23.4 Å². The third-order valence-electron chi connectivity index (χ3n) is 12.5. The summed E-state index contributed by atoms with van der Waals surface area (Å²) in [6.45, 7) is 12.5. The minimum atomic E-state index is -2.13. The number of phenols is 1. The van der Waals surface area contributed by atoms with Crippen LogP contribution in [0.1, 0.15) is 95.7 Å². The zero-order valence-electron chi connectivity index (χ0n) is 36.8. The lowest BCUT2D eigenvalue weighted by Gasteiger charge is -2.38. The molecule has 2 amide bonds. The summed E-state index contributed by atoms with van der Waals surface area (Å²) in [5.41, 5.74) is -1.88. The molecule has 17 heteroatoms. The van der Waals surface area contributed by atoms with Crippen molar-refractivity contribution in [2.75, 3.05) is 33.3 Å². The second kappa shape index (κ2) is 18.4. The lowest BCUT2D eigenvalue weighted by Crippen LogP contribution is -2.51. The standard InChI is InChI=1S/C46H55N3O14/c1-22-12-10-13-23(2)44(57)47-34-35(48-16-18-49(19-17-48)45(58)30-14-11-20-60-30)40(55)31-32(39(34)54)38(53)27(6)42-33(31)43(56)46(8,63-42)61-21-15-29(59-9)24(3)41(62-28(7)50)26(5)37(52)25(4)36(22)51/h10-15,20-22,24-26,29,36-37,41,51-53H,16-19H2,1-9H3,(H,47,57)/b12-10+,21-15+,23-13-. The maximum absolute atomic E-state index is 15.0. The van der Waals surface area contributed by atoms with Crippen LogP contribution < -0.4 is 10.1 Å². The number of ether oxygens (including phenoxy) is 4. The van der Waals surface area contributed by atoms with Gasteiger partial charge >= 0.3 is 11.8 Å². The van der Waals surface area contributed by atoms with Gasteiger partial charge in [0.15, 0.2) is 5.76 Å². The fourth-order valence-electron chi connectivity index (χ4n) is 8.67. The van der Waals surface area contributed by atoms with Gasteiger partial charge in [0.1, 0.15) is 29.0 Å². The average molecular weight is 874 g/mol. The summed E-state index contributed by atoms with van der Waals surface area (Å²) >= 11 is 0. The van der Waals surface area contributed by atoms with Gasteiger partial charge in [0, 0.05) is 81.9 Å². The monoisotopic (exact) mass is 873 g/mol. The van der Waals surface area contributed by atoms with Gasteiger partial charge in [0.25, 0.3) is 17.6 Å². The zero-order chi connectivity index (χ0) is 46.2. The number of nitrogens with one attached hydrogen (secondary N) is 1. The number of ketones is 3. The fraction of sp³-hybridized carbons (Fsp3) is 0.478. The molecule has 1 aromatic carbocycles. The number of piperazine rings is 1. The van der Waals surface area contributed by atoms with Crippen LogP contribution in [0.4, 0.5) is 0 Å². The molecule has 0 radical (unpaired) electrons. The van der Waals surface area contributed by atoms with Crippen molar-refractivity contribution < 1.29 is 67.5 Å². The molecule has 5 aliphatic rings. The number of benzene rings is 1. The van der Waals surface area contributed by atoms with Crippen LogP contribution in [0.3, 0.4) is 0 Å². The summed E-state index contributed by atoms with van der Waals surface area (Å²) in [5.74, 6) is -9.85. The summed E-state index contributed by atoms with van der Waals surface area (Å²) in [5, 5.41) is 37.2. The number of nitrogens with zero attached hydrogens (tertiary/aromatic N) is 2. The highest BCUT2D eigenvalue weighted by molar-refractivity contribution is 6.32. The van der Waals surface area contributed by atoms with E-state index in [0.717, 1.165) is 6.26 Å². The molecule has 1 saturated heterocycles. The van der Waals surface area contributed by atoms with Crippen molar-refractivity contribution in [1.82, 2.24) is 15.1 Å². The first-order chi connectivity index (χ1) is 29.7. The van der Waals surface area contributed by atoms with E-state index >= 15 is 0 Å². The van der Waals surface area contributed by atoms with Crippen LogP contribution in [0, 0.1) is 30.6 Å². The first-order valence-corrected chi connectivity index (χ1v) is 20.9. The molecule has 5 heterocycles. The molecule has 9 unspecified atom stereocenters. The number of aliphatic hydroxyl groups is 2. The van der Waals surface area contributed by atoms with E-state index in [1.165, 1.54) is 64.2 Å². The normalized spacial score (nSPS) is 31.4. The van der Waals surface area contributed by atoms with Crippen molar-refractivity contribution in [3.8, 4) is 11.5 Å². The van der Waals surface area contributed by atoms with Gasteiger partial charge in [0.05, 0.1) is 47.5 Å². The molecule has 1 fully saturated rings. The first kappa shape index (κ1) is 46.5. The van der Waals surface area contributed by atoms with Crippen LogP contribution in [0.5, 0.6) is 11.5 Å². The number of Topliss-reactive ketones (excluding diaryl/α,β-unsaturated/α-hetero) is 3. The molecule has 63 heavy (non-hydrogen) atoms. The molecule has 1 aromatic heterocycles. The Bertz CT molecular complexity index is 2300. The molecule has 4 aliphatic heterocycles. The number of hydrogen-bond donors (Lipinski definition) is 4. The van der Waals surface area contributed by atoms with Gasteiger partial charge in [-0.2, -0.15) is 0 Å². The molecular formula is C46H55N3O14. The molecule has 0 spiro atoms. The van der Waals surface area contributed by atoms with Crippen LogP contribution in [0.25, 0.3) is 0 Å². The number of carbonyl (C=O) groups is 6. The Kier molecular flexibility index (Phi) is 13.5. The minimum absolute atomic E-state index is 0.0344. The molecule has 2 aromatic rings. The van der Waals surface area contributed by atoms with Gasteiger partial charge in [-0.3, -0.25) is 28.8 Å². The van der Waals surface area contributed by atoms with Crippen LogP contribution in [-0.2, 0) is 23.8 Å². The molecular weight excluding hydrogens is 819 g/mol. The van der Waals surface area contributed by atoms with Gasteiger partial charge < -0.3 is 53.8 Å². The van der Waals surface area contributed by atoms with E-state index in [0.29, 0.717) is 0 Å². The minimum Gasteiger partial charge on any atom is -0.507 e. The number of phenolic OH excluding ortho intramolecular Hbond substituents is 1. The molecule has 0 saturated carbocycles. The number of allylic oxidation sites excluding steroid dienone is 4. The molecule has 5 bridgehead atoms. The number of furan rings is 1. The summed E-state index contributed by atoms with van der Waals surface area (Å²) in [4.78, 5) is 86.7. The number of hydrogen-bond acceptors (Lipinski definition) is 15. The number of aliphatic hydroxyl groups excluding tert-OH is 2. The Hall–Kier alpha value is -6.04. The van der Waals surface area contributed by atoms with Crippen molar-refractivity contribution in [2.45, 2.75) is 85.6 Å². The molecule has 338 valence electrons. The predicted octanol–water partition coefficient (Wildman–Crippen LogP) is 4.01. The second-order valence-corrected chi connectivity index (χ2v) is 16.8. The molecule has 9 atom stereocenters. The molecule has 1 aliphatic carbocycles. The summed E-state index contributed by atoms with van der Waals surface area (Å²) in [6, 6.07) is 3.11. The predicted molar refractivity (Wildman–Crippen MR) is 224 cm³/mol. The van der Waals surface area contributed by atoms with E-state index in [2.05, 4.69) is 5.32 Å². The first-order valence-electron chi connectivity index (χ1n) is 20.9. The number of esters is 1. The third kappa shape index (κ3) is 8.69. The fourth-order valence-corrected chi connectivity index (χ4v) is 8.67. The molecule has 7 rings (SSSR count). The zero-order valence-corrected chi connectivity index (χ0v) is 36.8. The van der Waals surface area contributed by atoms with E-state index in [-0.39, 0.29) is 66.0 Å². The topological polar surface area (TPSA) is 232 Å². The highest BCUT2D eigenvalue weighted by Gasteiger charge is 2.53. The van der Waals surface area contributed by atoms with Crippen LogP contribution in [-0.4, -0.2) is 124 Å². The largest absolute Gasteiger partial charge is 0.507 e. The van der Waals surface area contributed by atoms with Crippen LogP contribution >= 0.6 is 0 Å². The number of methoxy groups -OCH3 is 1. The Balaban J connectivity index is 1.46. The van der Waals surface area contributed by atoms with Crippen molar-refractivity contribution in [2.24, 2.45) is 23.7 Å². The van der Waals surface area contributed by atoms with E-state index in [1.807, 2.05) is 0 Å². The summed E-state index contributed by atoms with van der Waals surface area (Å²) in [6.07, 6.45) is 4.61. The van der Waals surface area contributed by atoms with Gasteiger partial charge in [-0.15, -0.1) is 0 Å². The Morgan fingerprint density at radius 2 is 1.59 bits per heavy atom. The number of aromatic hydroxyl groups is 1. The number of rotatable bonds is 4. The SMILES string of the molecule is COC1/C=C/OC2(C)Oc3c(C)c(O)c4c(c3C2=O)C(=O)C(N2CCN(C(=O)c3ccco3)CC2)=C(NC(=O)/C(C)=C\C=C\C(C)C(O)C(C)C(O)C(C)C(OC(C)=O)C1C)C4=O. The quantitative estimate of drug-likeness (QED) is 0.318. The van der Waals surface area contributed by atoms with Crippen LogP contribution in [0.2, 0.25) is 0 Å². The molecule has 4 N–H and O–H groups in total. The maximum atomic E-state index is 15.0. The Morgan fingerprint density at radius 1 is 0.905 bits per heavy atom. The van der Waals surface area contributed by atoms with Crippen molar-refractivity contribution >= 4 is 35.1 Å². The highest BCUT2D eigenvalue weighted by atomic mass is 16.7. The van der Waals surface area contributed by atoms with Gasteiger partial charge in [-0.25, -0.2) is 0 Å². The maximum Gasteiger partial charge on any atom is 0.312 e. The Labute approximate surface area is 365 Å². The van der Waals surface area contributed by atoms with Gasteiger partial charge in [-0.1, -0.05) is 45.9 Å². The number of carbonyl (C=O) groups excluding carboxylic acids is 6. The number of fused-ring (bicyclic) bond motifs is 14. The third-order valence-corrected chi connectivity index (χ3v) is 12.5. The van der Waals surface area contributed by atoms with Crippen molar-refractivity contribution in [1.29, 1.82) is 0 Å². The number of amides is 2. The van der Waals surface area contributed by atoms with E-state index < -0.39 is 106 Å². The van der Waals surface area contributed by atoms with Crippen molar-refractivity contribution in [3.63, 3.8) is 0 Å². The smallest absolute Gasteiger partial charge is 0.312 e. The van der Waals surface area contributed by atoms with Crippen molar-refractivity contribution in [3.05, 3.63) is 93.9 Å². The lowest BCUT2D eigenvalue weighted by atomic mass is 9.78. The van der Waals surface area contributed by atoms with Gasteiger partial charge in [0.2, 0.25) is 11.6 Å². The lowest BCUT2D eigenvalue weighted by molar-refractivity contribution is -0.160. The summed E-state index contributed by atoms with van der Waals surface area (Å²) in [7, 11) is 1.41. The second-order valence-electron chi connectivity index (χ2n) is 16.8. The van der Waals surface area contributed by atoms with E-state index in [9.17, 15) is 44.1 Å². The average Bonchev–Trinajstić information content (AvgIpc) is 3.89. The van der Waals surface area contributed by atoms with Crippen LogP contribution in [0.15, 0.2) is 70.3 Å². The highest BCUT2D eigenvalue weighted by Crippen LogP contribution is 2.49. The van der Waals surface area contributed by atoms with E-state index in [1.54, 1.807) is 50.8 Å². The van der Waals surface area contributed by atoms with Gasteiger partial charge in [-0.05, 0) is 32.1 Å². The Morgan fingerprint density at radius 3 is 2.21 bits per heavy atom. The molecule has 17 nitrogen and oxygen atoms in total.